The summed E-state index contributed by atoms with van der Waals surface area (Å²) in [5.74, 6) is -0.290. The van der Waals surface area contributed by atoms with Crippen LogP contribution in [0.25, 0.3) is 16.7 Å². The lowest BCUT2D eigenvalue weighted by atomic mass is 9.93. The number of nitrogens with two attached hydrogens (primary N) is 1. The van der Waals surface area contributed by atoms with Gasteiger partial charge in [-0.15, -0.1) is 0 Å². The molecular formula is C21H21FN2O. The van der Waals surface area contributed by atoms with Gasteiger partial charge in [-0.25, -0.2) is 4.39 Å². The summed E-state index contributed by atoms with van der Waals surface area (Å²) in [6.07, 6.45) is 4.08. The van der Waals surface area contributed by atoms with Crippen molar-refractivity contribution in [2.45, 2.75) is 25.4 Å². The minimum atomic E-state index is -0.290. The quantitative estimate of drug-likeness (QED) is 0.892. The first-order chi connectivity index (χ1) is 12.1. The van der Waals surface area contributed by atoms with Crippen molar-refractivity contribution in [3.05, 3.63) is 71.7 Å². The van der Waals surface area contributed by atoms with Gasteiger partial charge in [-0.3, -0.25) is 0 Å². The lowest BCUT2D eigenvalue weighted by Gasteiger charge is -2.33. The zero-order valence-electron chi connectivity index (χ0n) is 14.0. The van der Waals surface area contributed by atoms with Gasteiger partial charge in [0.25, 0.3) is 0 Å². The van der Waals surface area contributed by atoms with Crippen molar-refractivity contribution in [2.24, 2.45) is 5.73 Å². The molecule has 0 bridgehead atoms. The minimum Gasteiger partial charge on any atom is -0.392 e. The molecule has 4 rings (SSSR count). The van der Waals surface area contributed by atoms with Crippen LogP contribution in [0.5, 0.6) is 0 Å². The van der Waals surface area contributed by atoms with Crippen molar-refractivity contribution in [2.75, 3.05) is 11.5 Å². The van der Waals surface area contributed by atoms with Crippen molar-refractivity contribution in [3.8, 4) is 11.1 Å². The Morgan fingerprint density at radius 2 is 1.88 bits per heavy atom. The number of aliphatic hydroxyl groups is 1. The topological polar surface area (TPSA) is 49.5 Å². The predicted octanol–water partition coefficient (Wildman–Crippen LogP) is 3.82. The standard InChI is InChI=1S/C21H21FN2O/c1-13-8-16(12-25)19-9-20(22)18(10-21(19)24(13)17-6-7-17)15-4-2-14(11-23)3-5-15/h2-5,8-10,17,25H,1,6-7,11-12,23H2. The van der Waals surface area contributed by atoms with Crippen LogP contribution in [0.2, 0.25) is 0 Å². The molecule has 128 valence electrons. The molecule has 2 aromatic rings. The Labute approximate surface area is 146 Å². The molecule has 0 saturated heterocycles. The molecule has 1 aliphatic heterocycles. The van der Waals surface area contributed by atoms with Gasteiger partial charge in [0.1, 0.15) is 5.82 Å². The number of benzene rings is 2. The summed E-state index contributed by atoms with van der Waals surface area (Å²) >= 11 is 0. The fraction of sp³-hybridized carbons (Fsp3) is 0.238. The Morgan fingerprint density at radius 3 is 2.48 bits per heavy atom. The van der Waals surface area contributed by atoms with Crippen LogP contribution < -0.4 is 10.6 Å². The van der Waals surface area contributed by atoms with Crippen LogP contribution in [0, 0.1) is 5.82 Å². The largest absolute Gasteiger partial charge is 0.392 e. The van der Waals surface area contributed by atoms with Crippen molar-refractivity contribution < 1.29 is 9.50 Å². The van der Waals surface area contributed by atoms with Crippen molar-refractivity contribution in [3.63, 3.8) is 0 Å². The molecule has 0 aromatic heterocycles. The minimum absolute atomic E-state index is 0.130. The normalized spacial score (nSPS) is 16.7. The van der Waals surface area contributed by atoms with Gasteiger partial charge in [0.15, 0.2) is 0 Å². The first-order valence-electron chi connectivity index (χ1n) is 8.55. The number of rotatable bonds is 4. The van der Waals surface area contributed by atoms with Crippen LogP contribution in [0.4, 0.5) is 10.1 Å². The number of allylic oxidation sites excluding steroid dienone is 1. The molecule has 3 nitrogen and oxygen atoms in total. The summed E-state index contributed by atoms with van der Waals surface area (Å²) in [6, 6.07) is 11.5. The lowest BCUT2D eigenvalue weighted by Crippen LogP contribution is -2.27. The fourth-order valence-corrected chi connectivity index (χ4v) is 3.46. The summed E-state index contributed by atoms with van der Waals surface area (Å²) in [5.41, 5.74) is 11.3. The number of anilines is 1. The molecule has 1 saturated carbocycles. The van der Waals surface area contributed by atoms with Crippen molar-refractivity contribution >= 4 is 11.3 Å². The van der Waals surface area contributed by atoms with Gasteiger partial charge in [0.2, 0.25) is 0 Å². The average Bonchev–Trinajstić information content (AvgIpc) is 3.46. The van der Waals surface area contributed by atoms with Gasteiger partial charge < -0.3 is 15.7 Å². The number of nitrogens with zero attached hydrogens (tertiary/aromatic N) is 1. The number of aliphatic hydroxyl groups excluding tert-OH is 1. The van der Waals surface area contributed by atoms with E-state index in [-0.39, 0.29) is 12.4 Å². The summed E-state index contributed by atoms with van der Waals surface area (Å²) in [7, 11) is 0. The van der Waals surface area contributed by atoms with Crippen LogP contribution in [0.3, 0.4) is 0 Å². The van der Waals surface area contributed by atoms with E-state index < -0.39 is 0 Å². The van der Waals surface area contributed by atoms with E-state index in [1.165, 1.54) is 6.07 Å². The van der Waals surface area contributed by atoms with E-state index in [1.807, 2.05) is 36.4 Å². The molecular weight excluding hydrogens is 315 g/mol. The molecule has 25 heavy (non-hydrogen) atoms. The van der Waals surface area contributed by atoms with Gasteiger partial charge >= 0.3 is 0 Å². The first-order valence-corrected chi connectivity index (χ1v) is 8.55. The zero-order chi connectivity index (χ0) is 17.6. The third kappa shape index (κ3) is 2.77. The van der Waals surface area contributed by atoms with E-state index in [9.17, 15) is 9.50 Å². The highest BCUT2D eigenvalue weighted by atomic mass is 19.1. The number of fused-ring (bicyclic) bond motifs is 1. The molecule has 0 unspecified atom stereocenters. The van der Waals surface area contributed by atoms with Crippen molar-refractivity contribution in [1.29, 1.82) is 0 Å². The Hall–Kier alpha value is -2.43. The van der Waals surface area contributed by atoms with E-state index in [2.05, 4.69) is 11.5 Å². The first kappa shape index (κ1) is 16.1. The second-order valence-corrected chi connectivity index (χ2v) is 6.67. The molecule has 3 N–H and O–H groups in total. The van der Waals surface area contributed by atoms with E-state index in [0.717, 1.165) is 40.9 Å². The SMILES string of the molecule is C=C1C=C(CO)c2cc(F)c(-c3ccc(CN)cc3)cc2N1C1CC1. The molecule has 4 heteroatoms. The molecule has 1 aliphatic carbocycles. The predicted molar refractivity (Wildman–Crippen MR) is 99.4 cm³/mol. The van der Waals surface area contributed by atoms with E-state index in [1.54, 1.807) is 0 Å². The van der Waals surface area contributed by atoms with E-state index >= 15 is 0 Å². The van der Waals surface area contributed by atoms with Crippen LogP contribution in [0.15, 0.2) is 54.8 Å². The van der Waals surface area contributed by atoms with Gasteiger partial charge in [-0.1, -0.05) is 30.8 Å². The molecule has 0 spiro atoms. The fourth-order valence-electron chi connectivity index (χ4n) is 3.46. The summed E-state index contributed by atoms with van der Waals surface area (Å²) in [6.45, 7) is 4.47. The highest BCUT2D eigenvalue weighted by Gasteiger charge is 2.35. The van der Waals surface area contributed by atoms with Crippen LogP contribution >= 0.6 is 0 Å². The monoisotopic (exact) mass is 336 g/mol. The van der Waals surface area contributed by atoms with Gasteiger partial charge in [0.05, 0.1) is 6.61 Å². The summed E-state index contributed by atoms with van der Waals surface area (Å²) < 4.78 is 14.8. The molecule has 0 amide bonds. The Balaban J connectivity index is 1.86. The number of hydrogen-bond donors (Lipinski definition) is 2. The molecule has 1 heterocycles. The van der Waals surface area contributed by atoms with Gasteiger partial charge in [-0.2, -0.15) is 0 Å². The van der Waals surface area contributed by atoms with Crippen LogP contribution in [-0.4, -0.2) is 17.8 Å². The molecule has 2 aromatic carbocycles. The Bertz CT molecular complexity index is 866. The third-order valence-electron chi connectivity index (χ3n) is 4.92. The molecule has 2 aliphatic rings. The van der Waals surface area contributed by atoms with Crippen LogP contribution in [0.1, 0.15) is 24.0 Å². The highest BCUT2D eigenvalue weighted by molar-refractivity contribution is 5.88. The van der Waals surface area contributed by atoms with Crippen LogP contribution in [-0.2, 0) is 6.54 Å². The van der Waals surface area contributed by atoms with Crippen molar-refractivity contribution in [1.82, 2.24) is 0 Å². The summed E-state index contributed by atoms with van der Waals surface area (Å²) in [5, 5.41) is 9.67. The maximum absolute atomic E-state index is 14.8. The lowest BCUT2D eigenvalue weighted by molar-refractivity contribution is 0.350. The van der Waals surface area contributed by atoms with E-state index in [0.29, 0.717) is 23.7 Å². The highest BCUT2D eigenvalue weighted by Crippen LogP contribution is 2.44. The molecule has 0 atom stereocenters. The average molecular weight is 336 g/mol. The second-order valence-electron chi connectivity index (χ2n) is 6.67. The summed E-state index contributed by atoms with van der Waals surface area (Å²) in [4.78, 5) is 2.17. The number of hydrogen-bond acceptors (Lipinski definition) is 3. The maximum atomic E-state index is 14.8. The Morgan fingerprint density at radius 1 is 1.16 bits per heavy atom. The zero-order valence-corrected chi connectivity index (χ0v) is 14.0. The van der Waals surface area contributed by atoms with Gasteiger partial charge in [-0.05, 0) is 47.8 Å². The second kappa shape index (κ2) is 6.14. The van der Waals surface area contributed by atoms with E-state index in [4.69, 9.17) is 5.73 Å². The molecule has 1 fully saturated rings. The molecule has 0 radical (unpaired) electrons. The number of halogens is 1. The maximum Gasteiger partial charge on any atom is 0.131 e. The Kier molecular flexibility index (Phi) is 3.94. The van der Waals surface area contributed by atoms with Gasteiger partial charge in [0, 0.05) is 35.1 Å². The third-order valence-corrected chi connectivity index (χ3v) is 4.92. The smallest absolute Gasteiger partial charge is 0.131 e.